The third-order valence-corrected chi connectivity index (χ3v) is 5.20. The number of hydrogen-bond donors (Lipinski definition) is 2. The predicted octanol–water partition coefficient (Wildman–Crippen LogP) is 3.43. The molecular formula is C17H30N2O2S. The molecule has 0 radical (unpaired) electrons. The lowest BCUT2D eigenvalue weighted by Crippen LogP contribution is -2.24. The summed E-state index contributed by atoms with van der Waals surface area (Å²) in [5.74, 6) is 0. The topological polar surface area (TPSA) is 72.2 Å². The van der Waals surface area contributed by atoms with Gasteiger partial charge in [-0.3, -0.25) is 0 Å². The van der Waals surface area contributed by atoms with E-state index < -0.39 is 10.0 Å². The van der Waals surface area contributed by atoms with Crippen LogP contribution in [0, 0.1) is 0 Å². The van der Waals surface area contributed by atoms with Gasteiger partial charge < -0.3 is 5.73 Å². The van der Waals surface area contributed by atoms with Crippen LogP contribution in [-0.4, -0.2) is 21.5 Å². The molecule has 0 spiro atoms. The molecule has 0 atom stereocenters. The molecule has 0 aliphatic carbocycles. The molecule has 5 heteroatoms. The summed E-state index contributed by atoms with van der Waals surface area (Å²) in [4.78, 5) is 0.340. The fourth-order valence-corrected chi connectivity index (χ4v) is 3.49. The fraction of sp³-hybridized carbons (Fsp3) is 0.647. The van der Waals surface area contributed by atoms with Crippen molar-refractivity contribution in [3.05, 3.63) is 30.3 Å². The zero-order valence-corrected chi connectivity index (χ0v) is 14.3. The van der Waals surface area contributed by atoms with Gasteiger partial charge in [-0.2, -0.15) is 0 Å². The van der Waals surface area contributed by atoms with Gasteiger partial charge in [0.1, 0.15) is 0 Å². The van der Waals surface area contributed by atoms with Crippen molar-refractivity contribution in [1.29, 1.82) is 0 Å². The maximum atomic E-state index is 12.0. The minimum Gasteiger partial charge on any atom is -0.330 e. The highest BCUT2D eigenvalue weighted by Gasteiger charge is 2.11. The van der Waals surface area contributed by atoms with Crippen LogP contribution in [0.2, 0.25) is 0 Å². The molecule has 0 fully saturated rings. The van der Waals surface area contributed by atoms with Crippen LogP contribution in [0.5, 0.6) is 0 Å². The van der Waals surface area contributed by atoms with Gasteiger partial charge in [-0.1, -0.05) is 63.1 Å². The number of rotatable bonds is 13. The summed E-state index contributed by atoms with van der Waals surface area (Å²) in [5, 5.41) is 0. The molecule has 0 bridgehead atoms. The maximum absolute atomic E-state index is 12.0. The smallest absolute Gasteiger partial charge is 0.240 e. The Bertz CT molecular complexity index is 475. The monoisotopic (exact) mass is 326 g/mol. The molecule has 4 nitrogen and oxygen atoms in total. The van der Waals surface area contributed by atoms with Gasteiger partial charge in [-0.05, 0) is 31.5 Å². The van der Waals surface area contributed by atoms with Gasteiger partial charge >= 0.3 is 0 Å². The lowest BCUT2D eigenvalue weighted by Gasteiger charge is -2.06. The summed E-state index contributed by atoms with van der Waals surface area (Å²) in [7, 11) is -3.33. The van der Waals surface area contributed by atoms with Crippen LogP contribution in [0.25, 0.3) is 0 Å². The Kier molecular flexibility index (Phi) is 10.1. The van der Waals surface area contributed by atoms with Crippen molar-refractivity contribution in [2.45, 2.75) is 62.7 Å². The average molecular weight is 327 g/mol. The van der Waals surface area contributed by atoms with Gasteiger partial charge in [-0.15, -0.1) is 0 Å². The normalized spacial score (nSPS) is 11.7. The summed E-state index contributed by atoms with van der Waals surface area (Å²) in [6.45, 7) is 1.33. The molecule has 0 amide bonds. The second-order valence-electron chi connectivity index (χ2n) is 5.68. The van der Waals surface area contributed by atoms with Crippen molar-refractivity contribution < 1.29 is 8.42 Å². The van der Waals surface area contributed by atoms with Crippen molar-refractivity contribution in [2.24, 2.45) is 5.73 Å². The predicted molar refractivity (Wildman–Crippen MR) is 92.2 cm³/mol. The summed E-state index contributed by atoms with van der Waals surface area (Å²) >= 11 is 0. The fourth-order valence-electron chi connectivity index (χ4n) is 2.40. The molecule has 0 aliphatic rings. The van der Waals surface area contributed by atoms with Gasteiger partial charge in [0, 0.05) is 6.54 Å². The number of benzene rings is 1. The summed E-state index contributed by atoms with van der Waals surface area (Å²) in [5.41, 5.74) is 5.46. The number of sulfonamides is 1. The maximum Gasteiger partial charge on any atom is 0.240 e. The number of nitrogens with two attached hydrogens (primary N) is 1. The Morgan fingerprint density at radius 1 is 0.773 bits per heavy atom. The highest BCUT2D eigenvalue weighted by atomic mass is 32.2. The average Bonchev–Trinajstić information content (AvgIpc) is 2.53. The lowest BCUT2D eigenvalue weighted by atomic mass is 10.1. The first kappa shape index (κ1) is 19.1. The zero-order chi connectivity index (χ0) is 16.1. The third kappa shape index (κ3) is 8.51. The molecule has 3 N–H and O–H groups in total. The first-order valence-electron chi connectivity index (χ1n) is 8.41. The van der Waals surface area contributed by atoms with Crippen molar-refractivity contribution in [1.82, 2.24) is 4.72 Å². The second-order valence-corrected chi connectivity index (χ2v) is 7.45. The van der Waals surface area contributed by atoms with Crippen LogP contribution in [0.4, 0.5) is 0 Å². The lowest BCUT2D eigenvalue weighted by molar-refractivity contribution is 0.551. The van der Waals surface area contributed by atoms with E-state index in [9.17, 15) is 8.42 Å². The highest BCUT2D eigenvalue weighted by Crippen LogP contribution is 2.10. The Morgan fingerprint density at radius 3 is 1.82 bits per heavy atom. The Morgan fingerprint density at radius 2 is 1.27 bits per heavy atom. The van der Waals surface area contributed by atoms with E-state index >= 15 is 0 Å². The molecule has 0 aliphatic heterocycles. The molecule has 0 heterocycles. The van der Waals surface area contributed by atoms with Gasteiger partial charge in [0.15, 0.2) is 0 Å². The third-order valence-electron chi connectivity index (χ3n) is 3.73. The largest absolute Gasteiger partial charge is 0.330 e. The van der Waals surface area contributed by atoms with E-state index in [0.717, 1.165) is 25.8 Å². The van der Waals surface area contributed by atoms with Crippen molar-refractivity contribution in [3.63, 3.8) is 0 Å². The van der Waals surface area contributed by atoms with E-state index in [1.165, 1.54) is 38.5 Å². The van der Waals surface area contributed by atoms with E-state index in [0.29, 0.717) is 11.4 Å². The van der Waals surface area contributed by atoms with E-state index in [1.807, 2.05) is 6.07 Å². The van der Waals surface area contributed by atoms with Crippen LogP contribution in [-0.2, 0) is 10.0 Å². The first-order valence-corrected chi connectivity index (χ1v) is 9.90. The van der Waals surface area contributed by atoms with Crippen LogP contribution in [0.1, 0.15) is 57.8 Å². The minimum absolute atomic E-state index is 0.340. The highest BCUT2D eigenvalue weighted by molar-refractivity contribution is 7.89. The van der Waals surface area contributed by atoms with Gasteiger partial charge in [-0.25, -0.2) is 13.1 Å². The van der Waals surface area contributed by atoms with Gasteiger partial charge in [0.2, 0.25) is 10.0 Å². The Balaban J connectivity index is 1.99. The molecular weight excluding hydrogens is 296 g/mol. The van der Waals surface area contributed by atoms with Crippen LogP contribution < -0.4 is 10.5 Å². The van der Waals surface area contributed by atoms with E-state index in [4.69, 9.17) is 5.73 Å². The first-order chi connectivity index (χ1) is 10.7. The minimum atomic E-state index is -3.33. The van der Waals surface area contributed by atoms with E-state index in [2.05, 4.69) is 4.72 Å². The summed E-state index contributed by atoms with van der Waals surface area (Å²) in [6.07, 6.45) is 10.7. The van der Waals surface area contributed by atoms with Crippen LogP contribution in [0.15, 0.2) is 35.2 Å². The molecule has 0 aromatic heterocycles. The zero-order valence-electron chi connectivity index (χ0n) is 13.5. The standard InChI is InChI=1S/C17H30N2O2S/c18-15-11-6-4-2-1-3-5-7-12-16-19-22(20,21)17-13-9-8-10-14-17/h8-10,13-14,19H,1-7,11-12,15-16,18H2. The molecule has 126 valence electrons. The van der Waals surface area contributed by atoms with Crippen LogP contribution >= 0.6 is 0 Å². The van der Waals surface area contributed by atoms with Gasteiger partial charge in [0.25, 0.3) is 0 Å². The number of unbranched alkanes of at least 4 members (excludes halogenated alkanes) is 8. The molecule has 0 saturated carbocycles. The van der Waals surface area contributed by atoms with Crippen LogP contribution in [0.3, 0.4) is 0 Å². The molecule has 1 aromatic carbocycles. The van der Waals surface area contributed by atoms with Gasteiger partial charge in [0.05, 0.1) is 4.90 Å². The molecule has 1 aromatic rings. The van der Waals surface area contributed by atoms with E-state index in [1.54, 1.807) is 24.3 Å². The SMILES string of the molecule is NCCCCCCCCCCCNS(=O)(=O)c1ccccc1. The molecule has 1 rings (SSSR count). The quantitative estimate of drug-likeness (QED) is 0.545. The summed E-state index contributed by atoms with van der Waals surface area (Å²) < 4.78 is 26.6. The van der Waals surface area contributed by atoms with Crippen molar-refractivity contribution >= 4 is 10.0 Å². The van der Waals surface area contributed by atoms with Crippen molar-refractivity contribution in [3.8, 4) is 0 Å². The Labute approximate surface area is 135 Å². The van der Waals surface area contributed by atoms with E-state index in [-0.39, 0.29) is 0 Å². The number of hydrogen-bond acceptors (Lipinski definition) is 3. The molecule has 0 unspecified atom stereocenters. The summed E-state index contributed by atoms with van der Waals surface area (Å²) in [6, 6.07) is 8.53. The van der Waals surface area contributed by atoms with Crippen molar-refractivity contribution in [2.75, 3.05) is 13.1 Å². The molecule has 22 heavy (non-hydrogen) atoms. The number of nitrogens with one attached hydrogen (secondary N) is 1. The molecule has 0 saturated heterocycles. The second kappa shape index (κ2) is 11.6. The Hall–Kier alpha value is -0.910.